The fourth-order valence-electron chi connectivity index (χ4n) is 5.14. The summed E-state index contributed by atoms with van der Waals surface area (Å²) in [5.41, 5.74) is 1.96. The van der Waals surface area contributed by atoms with Crippen LogP contribution in [-0.4, -0.2) is 51.7 Å². The summed E-state index contributed by atoms with van der Waals surface area (Å²) in [6, 6.07) is 10.5. The largest absolute Gasteiger partial charge is 0.379 e. The first kappa shape index (κ1) is 20.1. The number of aromatic nitrogens is 3. The SMILES string of the molecule is O=C(N1CCOCC(Cc2ccc3nccn3n2)C1)C1(c2cccc(F)c2)CCCC1. The number of ether oxygens (including phenoxy) is 1. The maximum atomic E-state index is 14.0. The number of carbonyl (C=O) groups excluding carboxylic acids is 1. The van der Waals surface area contributed by atoms with Crippen LogP contribution in [0.5, 0.6) is 0 Å². The molecule has 7 heteroatoms. The highest BCUT2D eigenvalue weighted by molar-refractivity contribution is 5.88. The van der Waals surface area contributed by atoms with Crippen LogP contribution in [0.3, 0.4) is 0 Å². The molecule has 1 aliphatic heterocycles. The smallest absolute Gasteiger partial charge is 0.233 e. The van der Waals surface area contributed by atoms with E-state index in [0.29, 0.717) is 26.3 Å². The molecule has 5 rings (SSSR count). The van der Waals surface area contributed by atoms with E-state index in [1.165, 1.54) is 6.07 Å². The average Bonchev–Trinajstić information content (AvgIpc) is 3.40. The van der Waals surface area contributed by atoms with Gasteiger partial charge in [0.15, 0.2) is 5.65 Å². The lowest BCUT2D eigenvalue weighted by atomic mass is 9.77. The molecule has 0 spiro atoms. The van der Waals surface area contributed by atoms with Crippen molar-refractivity contribution in [2.45, 2.75) is 37.5 Å². The molecule has 1 amide bonds. The van der Waals surface area contributed by atoms with Gasteiger partial charge in [-0.05, 0) is 49.1 Å². The van der Waals surface area contributed by atoms with E-state index in [2.05, 4.69) is 10.1 Å². The van der Waals surface area contributed by atoms with Gasteiger partial charge >= 0.3 is 0 Å². The number of fused-ring (bicyclic) bond motifs is 1. The van der Waals surface area contributed by atoms with Crippen LogP contribution in [0.25, 0.3) is 5.65 Å². The molecule has 2 aliphatic rings. The van der Waals surface area contributed by atoms with E-state index in [0.717, 1.165) is 49.0 Å². The van der Waals surface area contributed by atoms with Crippen LogP contribution >= 0.6 is 0 Å². The summed E-state index contributed by atoms with van der Waals surface area (Å²) in [6.07, 6.45) is 7.82. The molecule has 2 aromatic heterocycles. The Morgan fingerprint density at radius 3 is 2.94 bits per heavy atom. The summed E-state index contributed by atoms with van der Waals surface area (Å²) >= 11 is 0. The highest BCUT2D eigenvalue weighted by Crippen LogP contribution is 2.43. The molecule has 1 aliphatic carbocycles. The molecule has 3 heterocycles. The molecule has 1 saturated carbocycles. The summed E-state index contributed by atoms with van der Waals surface area (Å²) in [6.45, 7) is 2.32. The normalized spacial score (nSPS) is 21.3. The summed E-state index contributed by atoms with van der Waals surface area (Å²) in [7, 11) is 0. The third-order valence-corrected chi connectivity index (χ3v) is 6.68. The highest BCUT2D eigenvalue weighted by Gasteiger charge is 2.45. The maximum Gasteiger partial charge on any atom is 0.233 e. The van der Waals surface area contributed by atoms with E-state index in [-0.39, 0.29) is 17.6 Å². The van der Waals surface area contributed by atoms with Gasteiger partial charge in [0, 0.05) is 31.4 Å². The highest BCUT2D eigenvalue weighted by atomic mass is 19.1. The zero-order chi connectivity index (χ0) is 21.3. The molecule has 6 nitrogen and oxygen atoms in total. The van der Waals surface area contributed by atoms with Gasteiger partial charge in [-0.3, -0.25) is 4.79 Å². The number of hydrogen-bond donors (Lipinski definition) is 0. The molecular formula is C24H27FN4O2. The van der Waals surface area contributed by atoms with Gasteiger partial charge in [0.1, 0.15) is 5.82 Å². The van der Waals surface area contributed by atoms with Gasteiger partial charge in [-0.2, -0.15) is 5.10 Å². The lowest BCUT2D eigenvalue weighted by Crippen LogP contribution is -2.47. The molecule has 162 valence electrons. The van der Waals surface area contributed by atoms with Gasteiger partial charge in [0.25, 0.3) is 0 Å². The number of nitrogens with zero attached hydrogens (tertiary/aromatic N) is 4. The Morgan fingerprint density at radius 1 is 1.23 bits per heavy atom. The third-order valence-electron chi connectivity index (χ3n) is 6.68. The second kappa shape index (κ2) is 8.38. The first-order valence-electron chi connectivity index (χ1n) is 11.1. The van der Waals surface area contributed by atoms with Crippen molar-refractivity contribution < 1.29 is 13.9 Å². The topological polar surface area (TPSA) is 59.7 Å². The van der Waals surface area contributed by atoms with E-state index >= 15 is 0 Å². The van der Waals surface area contributed by atoms with Crippen molar-refractivity contribution in [1.82, 2.24) is 19.5 Å². The predicted molar refractivity (Wildman–Crippen MR) is 114 cm³/mol. The van der Waals surface area contributed by atoms with E-state index in [1.54, 1.807) is 22.8 Å². The van der Waals surface area contributed by atoms with Gasteiger partial charge < -0.3 is 9.64 Å². The number of amides is 1. The van der Waals surface area contributed by atoms with E-state index in [4.69, 9.17) is 4.74 Å². The van der Waals surface area contributed by atoms with Crippen LogP contribution in [-0.2, 0) is 21.4 Å². The van der Waals surface area contributed by atoms with Crippen LogP contribution in [0.15, 0.2) is 48.8 Å². The summed E-state index contributed by atoms with van der Waals surface area (Å²) in [4.78, 5) is 20.0. The lowest BCUT2D eigenvalue weighted by Gasteiger charge is -2.35. The van der Waals surface area contributed by atoms with Crippen molar-refractivity contribution in [3.63, 3.8) is 0 Å². The standard InChI is InChI=1S/C24H27FN4O2/c25-20-5-3-4-19(15-20)24(8-1-2-9-24)23(30)28-12-13-31-17-18(16-28)14-21-6-7-22-26-10-11-29(22)27-21/h3-7,10-11,15,18H,1-2,8-9,12-14,16-17H2. The van der Waals surface area contributed by atoms with Gasteiger partial charge in [-0.1, -0.05) is 25.0 Å². The number of hydrogen-bond acceptors (Lipinski definition) is 4. The van der Waals surface area contributed by atoms with Crippen LogP contribution in [0.1, 0.15) is 36.9 Å². The van der Waals surface area contributed by atoms with Crippen molar-refractivity contribution in [2.24, 2.45) is 5.92 Å². The predicted octanol–water partition coefficient (Wildman–Crippen LogP) is 3.40. The zero-order valence-corrected chi connectivity index (χ0v) is 17.5. The zero-order valence-electron chi connectivity index (χ0n) is 17.5. The van der Waals surface area contributed by atoms with Crippen LogP contribution in [0, 0.1) is 11.7 Å². The van der Waals surface area contributed by atoms with Crippen molar-refractivity contribution in [3.05, 3.63) is 65.9 Å². The molecule has 0 bridgehead atoms. The van der Waals surface area contributed by atoms with Gasteiger partial charge in [-0.25, -0.2) is 13.9 Å². The number of halogens is 1. The second-order valence-electron chi connectivity index (χ2n) is 8.75. The summed E-state index contributed by atoms with van der Waals surface area (Å²) in [5, 5.41) is 4.63. The van der Waals surface area contributed by atoms with Crippen molar-refractivity contribution >= 4 is 11.6 Å². The molecule has 2 fully saturated rings. The number of carbonyl (C=O) groups is 1. The number of benzene rings is 1. The molecule has 3 aromatic rings. The van der Waals surface area contributed by atoms with Crippen LogP contribution in [0.2, 0.25) is 0 Å². The van der Waals surface area contributed by atoms with Crippen molar-refractivity contribution in [1.29, 1.82) is 0 Å². The summed E-state index contributed by atoms with van der Waals surface area (Å²) in [5.74, 6) is -0.00961. The number of rotatable bonds is 4. The van der Waals surface area contributed by atoms with Crippen LogP contribution in [0.4, 0.5) is 4.39 Å². The molecule has 1 saturated heterocycles. The van der Waals surface area contributed by atoms with E-state index in [9.17, 15) is 9.18 Å². The fourth-order valence-corrected chi connectivity index (χ4v) is 5.14. The molecule has 0 radical (unpaired) electrons. The quantitative estimate of drug-likeness (QED) is 0.647. The Balaban J connectivity index is 1.37. The first-order valence-corrected chi connectivity index (χ1v) is 11.1. The average molecular weight is 423 g/mol. The minimum absolute atomic E-state index is 0.115. The van der Waals surface area contributed by atoms with Crippen LogP contribution < -0.4 is 0 Å². The Kier molecular flexibility index (Phi) is 5.44. The van der Waals surface area contributed by atoms with Crippen molar-refractivity contribution in [3.8, 4) is 0 Å². The maximum absolute atomic E-state index is 14.0. The monoisotopic (exact) mass is 422 g/mol. The fraction of sp³-hybridized carbons (Fsp3) is 0.458. The Hall–Kier alpha value is -2.80. The van der Waals surface area contributed by atoms with E-state index in [1.807, 2.05) is 29.3 Å². The second-order valence-corrected chi connectivity index (χ2v) is 8.75. The molecule has 1 unspecified atom stereocenters. The molecule has 1 atom stereocenters. The Bertz CT molecular complexity index is 1080. The van der Waals surface area contributed by atoms with E-state index < -0.39 is 5.41 Å². The van der Waals surface area contributed by atoms with Gasteiger partial charge in [0.05, 0.1) is 24.3 Å². The lowest BCUT2D eigenvalue weighted by molar-refractivity contribution is -0.137. The van der Waals surface area contributed by atoms with Gasteiger partial charge in [0.2, 0.25) is 5.91 Å². The Morgan fingerprint density at radius 2 is 2.10 bits per heavy atom. The minimum Gasteiger partial charge on any atom is -0.379 e. The van der Waals surface area contributed by atoms with Crippen molar-refractivity contribution in [2.75, 3.05) is 26.3 Å². The first-order chi connectivity index (χ1) is 15.1. The molecule has 1 aromatic carbocycles. The van der Waals surface area contributed by atoms with Gasteiger partial charge in [-0.15, -0.1) is 0 Å². The Labute approximate surface area is 181 Å². The summed E-state index contributed by atoms with van der Waals surface area (Å²) < 4.78 is 21.6. The molecule has 0 N–H and O–H groups in total. The molecule has 31 heavy (non-hydrogen) atoms. The minimum atomic E-state index is -0.620. The third kappa shape index (κ3) is 3.94. The number of imidazole rings is 1. The molecular weight excluding hydrogens is 395 g/mol.